The van der Waals surface area contributed by atoms with Crippen LogP contribution in [-0.2, 0) is 19.7 Å². The van der Waals surface area contributed by atoms with Crippen LogP contribution < -0.4 is 11.5 Å². The zero-order chi connectivity index (χ0) is 20.4. The van der Waals surface area contributed by atoms with Gasteiger partial charge >= 0.3 is 0 Å². The Morgan fingerprint density at radius 1 is 1.00 bits per heavy atom. The highest BCUT2D eigenvalue weighted by atomic mass is 32.2. The molecule has 0 heterocycles. The van der Waals surface area contributed by atoms with E-state index in [-0.39, 0.29) is 10.5 Å². The molecular weight excluding hydrogens is 390 g/mol. The molecule has 0 radical (unpaired) electrons. The highest BCUT2D eigenvalue weighted by Crippen LogP contribution is 2.33. The van der Waals surface area contributed by atoms with Gasteiger partial charge in [0.2, 0.25) is 0 Å². The number of rotatable bonds is 4. The van der Waals surface area contributed by atoms with Gasteiger partial charge in [0.1, 0.15) is 0 Å². The highest BCUT2D eigenvalue weighted by molar-refractivity contribution is 7.94. The molecule has 1 aliphatic carbocycles. The first-order valence-corrected chi connectivity index (χ1v) is 12.1. The standard InChI is InChI=1S/C17H25N3O5S2/c1-11-9-15(27(24,25)12-7-5-3-4-6-8-12)14(26(2,22)23)10-13(11)16(21)20-17(18)19/h9-10,12H,3-8H2,1-2H3,(H4,18,19,20,21). The van der Waals surface area contributed by atoms with Crippen molar-refractivity contribution in [3.8, 4) is 0 Å². The van der Waals surface area contributed by atoms with Crippen LogP contribution in [0.15, 0.2) is 26.9 Å². The summed E-state index contributed by atoms with van der Waals surface area (Å²) in [5.41, 5.74) is 10.7. The summed E-state index contributed by atoms with van der Waals surface area (Å²) in [7, 11) is -7.77. The average molecular weight is 416 g/mol. The van der Waals surface area contributed by atoms with E-state index >= 15 is 0 Å². The second-order valence-electron chi connectivity index (χ2n) is 6.89. The van der Waals surface area contributed by atoms with Gasteiger partial charge in [-0.05, 0) is 37.5 Å². The summed E-state index contributed by atoms with van der Waals surface area (Å²) in [6, 6.07) is 2.30. The topological polar surface area (TPSA) is 150 Å². The van der Waals surface area contributed by atoms with Crippen molar-refractivity contribution in [2.45, 2.75) is 60.5 Å². The van der Waals surface area contributed by atoms with Gasteiger partial charge in [0.25, 0.3) is 5.91 Å². The van der Waals surface area contributed by atoms with Crippen molar-refractivity contribution in [2.24, 2.45) is 16.5 Å². The molecule has 0 aliphatic heterocycles. The Balaban J connectivity index is 2.67. The summed E-state index contributed by atoms with van der Waals surface area (Å²) in [6.45, 7) is 1.52. The van der Waals surface area contributed by atoms with Gasteiger partial charge in [0.05, 0.1) is 15.0 Å². The molecule has 0 atom stereocenters. The zero-order valence-corrected chi connectivity index (χ0v) is 17.1. The fraction of sp³-hybridized carbons (Fsp3) is 0.529. The van der Waals surface area contributed by atoms with Gasteiger partial charge in [-0.15, -0.1) is 0 Å². The van der Waals surface area contributed by atoms with E-state index in [1.807, 2.05) is 0 Å². The first kappa shape index (κ1) is 21.4. The molecule has 0 unspecified atom stereocenters. The number of sulfone groups is 2. The Kier molecular flexibility index (Phi) is 6.31. The van der Waals surface area contributed by atoms with Crippen molar-refractivity contribution in [3.05, 3.63) is 23.3 Å². The van der Waals surface area contributed by atoms with E-state index in [1.165, 1.54) is 13.0 Å². The van der Waals surface area contributed by atoms with Crippen LogP contribution in [0.5, 0.6) is 0 Å². The van der Waals surface area contributed by atoms with Gasteiger partial charge in [-0.2, -0.15) is 4.99 Å². The third-order valence-corrected chi connectivity index (χ3v) is 8.26. The van der Waals surface area contributed by atoms with E-state index < -0.39 is 41.7 Å². The summed E-state index contributed by atoms with van der Waals surface area (Å²) in [6.07, 6.45) is 5.43. The molecule has 150 valence electrons. The Hall–Kier alpha value is -1.94. The molecule has 10 heteroatoms. The van der Waals surface area contributed by atoms with Crippen LogP contribution in [0.3, 0.4) is 0 Å². The molecule has 1 aliphatic rings. The van der Waals surface area contributed by atoms with Crippen LogP contribution in [0.4, 0.5) is 0 Å². The Labute approximate surface area is 159 Å². The molecule has 4 N–H and O–H groups in total. The van der Waals surface area contributed by atoms with Crippen molar-refractivity contribution in [1.29, 1.82) is 0 Å². The fourth-order valence-electron chi connectivity index (χ4n) is 3.31. The molecule has 0 bridgehead atoms. The normalized spacial score (nSPS) is 16.5. The van der Waals surface area contributed by atoms with Crippen LogP contribution in [-0.4, -0.2) is 40.2 Å². The number of guanidine groups is 1. The van der Waals surface area contributed by atoms with E-state index in [2.05, 4.69) is 4.99 Å². The molecule has 27 heavy (non-hydrogen) atoms. The molecule has 1 aromatic carbocycles. The lowest BCUT2D eigenvalue weighted by Crippen LogP contribution is -2.25. The lowest BCUT2D eigenvalue weighted by Gasteiger charge is -2.19. The van der Waals surface area contributed by atoms with E-state index in [1.54, 1.807) is 0 Å². The number of aryl methyl sites for hydroxylation is 1. The average Bonchev–Trinajstić information content (AvgIpc) is 2.82. The van der Waals surface area contributed by atoms with E-state index in [9.17, 15) is 21.6 Å². The quantitative estimate of drug-likeness (QED) is 0.427. The lowest BCUT2D eigenvalue weighted by molar-refractivity contribution is 0.100. The SMILES string of the molecule is Cc1cc(S(=O)(=O)C2CCCCCC2)c(S(C)(=O)=O)cc1C(=O)N=C(N)N. The third kappa shape index (κ3) is 4.86. The summed E-state index contributed by atoms with van der Waals surface area (Å²) in [5, 5.41) is -0.626. The van der Waals surface area contributed by atoms with Crippen molar-refractivity contribution >= 4 is 31.5 Å². The lowest BCUT2D eigenvalue weighted by atomic mass is 10.1. The Bertz CT molecular complexity index is 970. The van der Waals surface area contributed by atoms with Crippen molar-refractivity contribution in [1.82, 2.24) is 0 Å². The van der Waals surface area contributed by atoms with Gasteiger partial charge in [-0.3, -0.25) is 4.79 Å². The van der Waals surface area contributed by atoms with Crippen molar-refractivity contribution in [3.63, 3.8) is 0 Å². The van der Waals surface area contributed by atoms with Gasteiger partial charge in [-0.1, -0.05) is 25.7 Å². The maximum Gasteiger partial charge on any atom is 0.280 e. The molecular formula is C17H25N3O5S2. The molecule has 1 fully saturated rings. The Morgan fingerprint density at radius 2 is 1.56 bits per heavy atom. The number of hydrogen-bond acceptors (Lipinski definition) is 5. The number of aliphatic imine (C=N–C) groups is 1. The third-order valence-electron chi connectivity index (χ3n) is 4.70. The van der Waals surface area contributed by atoms with Crippen LogP contribution in [0.25, 0.3) is 0 Å². The number of carbonyl (C=O) groups is 1. The van der Waals surface area contributed by atoms with Crippen LogP contribution in [0.2, 0.25) is 0 Å². The summed E-state index contributed by atoms with van der Waals surface area (Å²) < 4.78 is 51.0. The monoisotopic (exact) mass is 415 g/mol. The minimum absolute atomic E-state index is 0.0522. The Morgan fingerprint density at radius 3 is 2.04 bits per heavy atom. The molecule has 0 spiro atoms. The minimum Gasteiger partial charge on any atom is -0.370 e. The zero-order valence-electron chi connectivity index (χ0n) is 15.4. The second kappa shape index (κ2) is 7.97. The van der Waals surface area contributed by atoms with Crippen LogP contribution in [0.1, 0.15) is 54.4 Å². The fourth-order valence-corrected chi connectivity index (χ4v) is 6.87. The molecule has 0 saturated heterocycles. The van der Waals surface area contributed by atoms with Crippen LogP contribution >= 0.6 is 0 Å². The maximum atomic E-state index is 13.2. The first-order chi connectivity index (χ1) is 12.4. The van der Waals surface area contributed by atoms with E-state index in [4.69, 9.17) is 11.5 Å². The number of nitrogens with two attached hydrogens (primary N) is 2. The minimum atomic E-state index is -3.91. The maximum absolute atomic E-state index is 13.2. The number of carbonyl (C=O) groups excluding carboxylic acids is 1. The molecule has 0 aromatic heterocycles. The van der Waals surface area contributed by atoms with E-state index in [0.29, 0.717) is 18.4 Å². The number of benzene rings is 1. The van der Waals surface area contributed by atoms with Gasteiger partial charge in [0, 0.05) is 11.8 Å². The smallest absolute Gasteiger partial charge is 0.280 e. The van der Waals surface area contributed by atoms with Crippen LogP contribution in [0, 0.1) is 6.92 Å². The predicted octanol–water partition coefficient (Wildman–Crippen LogP) is 1.31. The summed E-state index contributed by atoms with van der Waals surface area (Å²) in [4.78, 5) is 14.9. The molecule has 1 aromatic rings. The first-order valence-electron chi connectivity index (χ1n) is 8.67. The van der Waals surface area contributed by atoms with Crippen molar-refractivity contribution < 1.29 is 21.6 Å². The number of nitrogens with zero attached hydrogens (tertiary/aromatic N) is 1. The number of amides is 1. The molecule has 1 saturated carbocycles. The summed E-state index contributed by atoms with van der Waals surface area (Å²) >= 11 is 0. The van der Waals surface area contributed by atoms with Gasteiger partial charge < -0.3 is 11.5 Å². The predicted molar refractivity (Wildman–Crippen MR) is 103 cm³/mol. The highest BCUT2D eigenvalue weighted by Gasteiger charge is 2.33. The second-order valence-corrected chi connectivity index (χ2v) is 11.1. The van der Waals surface area contributed by atoms with E-state index in [0.717, 1.165) is 38.0 Å². The van der Waals surface area contributed by atoms with Crippen molar-refractivity contribution in [2.75, 3.05) is 6.26 Å². The number of hydrogen-bond donors (Lipinski definition) is 2. The molecule has 8 nitrogen and oxygen atoms in total. The summed E-state index contributed by atoms with van der Waals surface area (Å²) in [5.74, 6) is -1.29. The van der Waals surface area contributed by atoms with Gasteiger partial charge in [0.15, 0.2) is 25.6 Å². The van der Waals surface area contributed by atoms with Gasteiger partial charge in [-0.25, -0.2) is 16.8 Å². The largest absolute Gasteiger partial charge is 0.370 e. The molecule has 2 rings (SSSR count). The molecule has 1 amide bonds.